The summed E-state index contributed by atoms with van der Waals surface area (Å²) in [5.41, 5.74) is 0.985. The van der Waals surface area contributed by atoms with E-state index in [0.29, 0.717) is 18.4 Å². The average Bonchev–Trinajstić information content (AvgIpc) is 3.78. The molecule has 0 aliphatic heterocycles. The van der Waals surface area contributed by atoms with Crippen LogP contribution >= 0.6 is 0 Å². The van der Waals surface area contributed by atoms with Crippen molar-refractivity contribution < 1.29 is 23.6 Å². The zero-order valence-corrected chi connectivity index (χ0v) is 24.9. The lowest BCUT2D eigenvalue weighted by Crippen LogP contribution is -2.43. The molecule has 0 radical (unpaired) electrons. The summed E-state index contributed by atoms with van der Waals surface area (Å²) < 4.78 is 17.2. The highest BCUT2D eigenvalue weighted by Crippen LogP contribution is 2.53. The third-order valence-electron chi connectivity index (χ3n) is 8.26. The Hall–Kier alpha value is -3.03. The average molecular weight is 552 g/mol. The molecular weight excluding hydrogens is 506 g/mol. The zero-order chi connectivity index (χ0) is 28.7. The van der Waals surface area contributed by atoms with E-state index < -0.39 is 11.2 Å². The zero-order valence-electron chi connectivity index (χ0n) is 24.9. The van der Waals surface area contributed by atoms with Crippen LogP contribution in [0.2, 0.25) is 0 Å². The summed E-state index contributed by atoms with van der Waals surface area (Å²) >= 11 is 0. The van der Waals surface area contributed by atoms with Crippen LogP contribution in [0.25, 0.3) is 0 Å². The molecule has 0 saturated heterocycles. The van der Waals surface area contributed by atoms with Gasteiger partial charge < -0.3 is 24.2 Å². The fourth-order valence-electron chi connectivity index (χ4n) is 5.92. The number of benzene rings is 1. The van der Waals surface area contributed by atoms with Crippen LogP contribution in [0.1, 0.15) is 115 Å². The summed E-state index contributed by atoms with van der Waals surface area (Å²) in [6.45, 7) is 11.9. The lowest BCUT2D eigenvalue weighted by atomic mass is 9.84. The first kappa shape index (κ1) is 28.5. The van der Waals surface area contributed by atoms with Crippen LogP contribution in [0.4, 0.5) is 9.59 Å². The maximum atomic E-state index is 13.4. The third-order valence-corrected chi connectivity index (χ3v) is 8.26. The second-order valence-electron chi connectivity index (χ2n) is 14.0. The van der Waals surface area contributed by atoms with Crippen LogP contribution in [-0.4, -0.2) is 52.1 Å². The van der Waals surface area contributed by atoms with Gasteiger partial charge in [-0.1, -0.05) is 35.5 Å². The second kappa shape index (κ2) is 10.7. The molecule has 40 heavy (non-hydrogen) atoms. The summed E-state index contributed by atoms with van der Waals surface area (Å²) in [5.74, 6) is 1.51. The summed E-state index contributed by atoms with van der Waals surface area (Å²) in [6, 6.07) is 12.8. The summed E-state index contributed by atoms with van der Waals surface area (Å²) in [5, 5.41) is 7.51. The van der Waals surface area contributed by atoms with Crippen molar-refractivity contribution in [2.45, 2.75) is 127 Å². The first-order chi connectivity index (χ1) is 18.8. The number of rotatable bonds is 7. The molecule has 3 fully saturated rings. The molecule has 1 aromatic carbocycles. The van der Waals surface area contributed by atoms with E-state index in [1.165, 1.54) is 5.56 Å². The Morgan fingerprint density at radius 1 is 1.00 bits per heavy atom. The van der Waals surface area contributed by atoms with Crippen LogP contribution in [-0.2, 0) is 14.9 Å². The van der Waals surface area contributed by atoms with E-state index in [0.717, 1.165) is 56.4 Å². The molecule has 3 aliphatic rings. The Morgan fingerprint density at radius 2 is 1.65 bits per heavy atom. The number of aromatic nitrogens is 1. The van der Waals surface area contributed by atoms with Gasteiger partial charge in [-0.2, -0.15) is 0 Å². The molecule has 5 rings (SSSR count). The number of carbonyl (C=O) groups excluding carboxylic acids is 2. The van der Waals surface area contributed by atoms with Crippen LogP contribution in [0, 0.1) is 0 Å². The molecule has 2 aromatic rings. The van der Waals surface area contributed by atoms with E-state index in [4.69, 9.17) is 14.0 Å². The minimum atomic E-state index is -0.556. The van der Waals surface area contributed by atoms with E-state index in [-0.39, 0.29) is 29.7 Å². The van der Waals surface area contributed by atoms with E-state index >= 15 is 0 Å². The van der Waals surface area contributed by atoms with E-state index in [2.05, 4.69) is 40.8 Å². The Balaban J connectivity index is 1.22. The van der Waals surface area contributed by atoms with Gasteiger partial charge in [0.1, 0.15) is 17.0 Å². The van der Waals surface area contributed by atoms with Crippen LogP contribution in [0.3, 0.4) is 0 Å². The molecule has 0 unspecified atom stereocenters. The van der Waals surface area contributed by atoms with Gasteiger partial charge in [0, 0.05) is 41.9 Å². The second-order valence-corrected chi connectivity index (χ2v) is 14.0. The van der Waals surface area contributed by atoms with Crippen LogP contribution < -0.4 is 5.32 Å². The monoisotopic (exact) mass is 551 g/mol. The molecule has 2 atom stereocenters. The number of carbonyl (C=O) groups is 2. The predicted octanol–water partition coefficient (Wildman–Crippen LogP) is 7.05. The van der Waals surface area contributed by atoms with Gasteiger partial charge in [0.05, 0.1) is 5.69 Å². The molecule has 1 N–H and O–H groups in total. The quantitative estimate of drug-likeness (QED) is 0.396. The van der Waals surface area contributed by atoms with Gasteiger partial charge in [-0.25, -0.2) is 9.59 Å². The summed E-state index contributed by atoms with van der Waals surface area (Å²) in [4.78, 5) is 27.5. The molecule has 1 heterocycles. The van der Waals surface area contributed by atoms with Crippen molar-refractivity contribution in [3.63, 3.8) is 0 Å². The number of nitrogens with one attached hydrogen (secondary N) is 1. The highest BCUT2D eigenvalue weighted by molar-refractivity contribution is 5.70. The molecule has 8 heteroatoms. The number of nitrogens with zero attached hydrogens (tertiary/aromatic N) is 2. The lowest BCUT2D eigenvalue weighted by molar-refractivity contribution is 0.0204. The number of hydrogen-bond donors (Lipinski definition) is 1. The molecule has 1 aromatic heterocycles. The van der Waals surface area contributed by atoms with Crippen LogP contribution in [0.5, 0.6) is 0 Å². The smallest absolute Gasteiger partial charge is 0.410 e. The fourth-order valence-corrected chi connectivity index (χ4v) is 5.92. The van der Waals surface area contributed by atoms with Gasteiger partial charge in [-0.15, -0.1) is 0 Å². The number of hydrogen-bond acceptors (Lipinski definition) is 6. The molecule has 0 spiro atoms. The summed E-state index contributed by atoms with van der Waals surface area (Å²) in [6.07, 6.45) is 5.91. The topological polar surface area (TPSA) is 93.9 Å². The van der Waals surface area contributed by atoms with E-state index in [1.807, 2.05) is 52.5 Å². The largest absolute Gasteiger partial charge is 0.444 e. The fraction of sp³-hybridized carbons (Fsp3) is 0.656. The van der Waals surface area contributed by atoms with Gasteiger partial charge in [0.25, 0.3) is 0 Å². The normalized spacial score (nSPS) is 25.6. The molecular formula is C32H45N3O5. The van der Waals surface area contributed by atoms with Crippen molar-refractivity contribution in [1.29, 1.82) is 0 Å². The molecule has 3 saturated carbocycles. The van der Waals surface area contributed by atoms with E-state index in [9.17, 15) is 9.59 Å². The van der Waals surface area contributed by atoms with Crippen molar-refractivity contribution in [3.8, 4) is 0 Å². The summed E-state index contributed by atoms with van der Waals surface area (Å²) in [7, 11) is 0. The van der Waals surface area contributed by atoms with Crippen molar-refractivity contribution in [3.05, 3.63) is 53.4 Å². The van der Waals surface area contributed by atoms with Gasteiger partial charge in [0.2, 0.25) is 0 Å². The van der Waals surface area contributed by atoms with Crippen molar-refractivity contribution in [2.24, 2.45) is 0 Å². The van der Waals surface area contributed by atoms with Gasteiger partial charge in [0.15, 0.2) is 0 Å². The first-order valence-corrected chi connectivity index (χ1v) is 14.8. The Bertz CT molecular complexity index is 1180. The van der Waals surface area contributed by atoms with Crippen molar-refractivity contribution in [2.75, 3.05) is 6.54 Å². The number of amides is 2. The Labute approximate surface area is 238 Å². The highest BCUT2D eigenvalue weighted by Gasteiger charge is 2.55. The Morgan fingerprint density at radius 3 is 2.25 bits per heavy atom. The number of ether oxygens (including phenoxy) is 2. The Kier molecular flexibility index (Phi) is 7.66. The SMILES string of the molecule is CC(C)(C)OC(=O)N[C@H]1CC[C@H](c2cc(C3(CN(C(=O)OC(C)(C)C)[C@@H]4C[C@H]4c4ccccc4)CC3)on2)CC1. The number of alkyl carbamates (subject to hydrolysis) is 1. The van der Waals surface area contributed by atoms with Crippen LogP contribution in [0.15, 0.2) is 40.9 Å². The standard InChI is InChI=1S/C32H45N3O5/c1-30(2,3)38-28(36)33-23-14-12-22(13-15-23)25-19-27(40-34-25)32(16-17-32)20-35(29(37)39-31(4,5)6)26-18-24(26)21-10-8-7-9-11-21/h7-11,19,22-24,26H,12-18,20H2,1-6H3,(H,33,36)/t22-,23-,24-,26+/m0/s1. The van der Waals surface area contributed by atoms with Gasteiger partial charge in [-0.3, -0.25) is 0 Å². The maximum absolute atomic E-state index is 13.4. The molecule has 8 nitrogen and oxygen atoms in total. The molecule has 3 aliphatic carbocycles. The highest BCUT2D eigenvalue weighted by atomic mass is 16.6. The van der Waals surface area contributed by atoms with Crippen molar-refractivity contribution in [1.82, 2.24) is 15.4 Å². The molecule has 0 bridgehead atoms. The maximum Gasteiger partial charge on any atom is 0.410 e. The molecule has 2 amide bonds. The lowest BCUT2D eigenvalue weighted by Gasteiger charge is -2.30. The predicted molar refractivity (Wildman–Crippen MR) is 152 cm³/mol. The van der Waals surface area contributed by atoms with Gasteiger partial charge >= 0.3 is 12.2 Å². The van der Waals surface area contributed by atoms with Crippen molar-refractivity contribution >= 4 is 12.2 Å². The van der Waals surface area contributed by atoms with E-state index in [1.54, 1.807) is 0 Å². The minimum Gasteiger partial charge on any atom is -0.444 e. The third kappa shape index (κ3) is 6.99. The minimum absolute atomic E-state index is 0.116. The van der Waals surface area contributed by atoms with Gasteiger partial charge in [-0.05, 0) is 92.1 Å². The first-order valence-electron chi connectivity index (χ1n) is 14.8. The molecule has 218 valence electrons.